The maximum atomic E-state index is 13.2. The van der Waals surface area contributed by atoms with Crippen molar-refractivity contribution in [2.24, 2.45) is 0 Å². The third-order valence-corrected chi connectivity index (χ3v) is 4.01. The lowest BCUT2D eigenvalue weighted by Crippen LogP contribution is -2.63. The van der Waals surface area contributed by atoms with E-state index in [1.165, 1.54) is 6.07 Å². The molecule has 2 aliphatic heterocycles. The fourth-order valence-electron chi connectivity index (χ4n) is 2.75. The predicted molar refractivity (Wildman–Crippen MR) is 72.2 cm³/mol. The zero-order chi connectivity index (χ0) is 14.1. The van der Waals surface area contributed by atoms with Crippen LogP contribution in [0.4, 0.5) is 4.39 Å². The molecular weight excluding hydrogens is 261 g/mol. The molecule has 3 rings (SSSR count). The molecule has 0 saturated carbocycles. The second-order valence-corrected chi connectivity index (χ2v) is 5.31. The molecule has 20 heavy (non-hydrogen) atoms. The molecule has 1 amide bonds. The van der Waals surface area contributed by atoms with Crippen LogP contribution in [0.3, 0.4) is 0 Å². The van der Waals surface area contributed by atoms with Crippen molar-refractivity contribution < 1.29 is 14.3 Å². The van der Waals surface area contributed by atoms with Crippen LogP contribution >= 0.6 is 0 Å². The average Bonchev–Trinajstić information content (AvgIpc) is 2.41. The maximum Gasteiger partial charge on any atom is 0.257 e. The minimum atomic E-state index is -0.509. The van der Waals surface area contributed by atoms with Crippen molar-refractivity contribution >= 4 is 5.91 Å². The Morgan fingerprint density at radius 3 is 2.70 bits per heavy atom. The summed E-state index contributed by atoms with van der Waals surface area (Å²) in [4.78, 5) is 16.2. The van der Waals surface area contributed by atoms with Gasteiger partial charge in [-0.05, 0) is 18.2 Å². The van der Waals surface area contributed by atoms with E-state index in [4.69, 9.17) is 0 Å². The molecule has 2 fully saturated rings. The number of piperazine rings is 1. The Morgan fingerprint density at radius 2 is 2.00 bits per heavy atom. The molecule has 5 nitrogen and oxygen atoms in total. The minimum Gasteiger partial charge on any atom is -0.507 e. The lowest BCUT2D eigenvalue weighted by Gasteiger charge is -2.46. The van der Waals surface area contributed by atoms with E-state index in [0.29, 0.717) is 19.1 Å². The number of rotatable bonds is 2. The minimum absolute atomic E-state index is 0.0451. The number of carbonyl (C=O) groups is 1. The molecule has 108 valence electrons. The van der Waals surface area contributed by atoms with Crippen LogP contribution in [0.25, 0.3) is 0 Å². The average molecular weight is 279 g/mol. The second-order valence-electron chi connectivity index (χ2n) is 5.31. The summed E-state index contributed by atoms with van der Waals surface area (Å²) in [6.07, 6.45) is 0. The smallest absolute Gasteiger partial charge is 0.257 e. The molecule has 0 spiro atoms. The third kappa shape index (κ3) is 2.48. The molecule has 2 saturated heterocycles. The standard InChI is InChI=1S/C14H18FN3O2/c15-10-1-2-13(19)12(7-10)14(20)18-8-11(9-18)17-5-3-16-4-6-17/h1-2,7,11,16,19H,3-6,8-9H2. The summed E-state index contributed by atoms with van der Waals surface area (Å²) in [6, 6.07) is 3.84. The van der Waals surface area contributed by atoms with Crippen molar-refractivity contribution in [2.45, 2.75) is 6.04 Å². The van der Waals surface area contributed by atoms with E-state index in [-0.39, 0.29) is 17.2 Å². The van der Waals surface area contributed by atoms with E-state index in [1.54, 1.807) is 4.90 Å². The molecule has 2 heterocycles. The molecule has 0 unspecified atom stereocenters. The first-order chi connectivity index (χ1) is 9.65. The highest BCUT2D eigenvalue weighted by molar-refractivity contribution is 5.97. The number of halogens is 1. The number of phenols is 1. The van der Waals surface area contributed by atoms with Gasteiger partial charge in [0.2, 0.25) is 0 Å². The first-order valence-electron chi connectivity index (χ1n) is 6.88. The van der Waals surface area contributed by atoms with Crippen LogP contribution in [0.15, 0.2) is 18.2 Å². The number of likely N-dealkylation sites (tertiary alicyclic amines) is 1. The van der Waals surface area contributed by atoms with Gasteiger partial charge in [0.15, 0.2) is 0 Å². The third-order valence-electron chi connectivity index (χ3n) is 4.01. The number of hydrogen-bond acceptors (Lipinski definition) is 4. The van der Waals surface area contributed by atoms with Crippen LogP contribution in [-0.2, 0) is 0 Å². The zero-order valence-electron chi connectivity index (χ0n) is 11.2. The summed E-state index contributed by atoms with van der Waals surface area (Å²) in [5, 5.41) is 13.0. The lowest BCUT2D eigenvalue weighted by molar-refractivity contribution is 0.0225. The Bertz CT molecular complexity index is 511. The Balaban J connectivity index is 1.61. The van der Waals surface area contributed by atoms with Gasteiger partial charge in [0.05, 0.1) is 5.56 Å². The largest absolute Gasteiger partial charge is 0.507 e. The SMILES string of the molecule is O=C(c1cc(F)ccc1O)N1CC(N2CCNCC2)C1. The molecule has 0 bridgehead atoms. The number of amides is 1. The van der Waals surface area contributed by atoms with E-state index < -0.39 is 5.82 Å². The van der Waals surface area contributed by atoms with Gasteiger partial charge >= 0.3 is 0 Å². The Labute approximate surface area is 117 Å². The van der Waals surface area contributed by atoms with E-state index >= 15 is 0 Å². The Kier molecular flexibility index (Phi) is 3.58. The predicted octanol–water partition coefficient (Wildman–Crippen LogP) is 0.261. The second kappa shape index (κ2) is 5.38. The van der Waals surface area contributed by atoms with Gasteiger partial charge in [-0.1, -0.05) is 0 Å². The molecule has 6 heteroatoms. The topological polar surface area (TPSA) is 55.8 Å². The molecular formula is C14H18FN3O2. The van der Waals surface area contributed by atoms with Gasteiger partial charge < -0.3 is 15.3 Å². The maximum absolute atomic E-state index is 13.2. The molecule has 1 aromatic carbocycles. The molecule has 0 atom stereocenters. The van der Waals surface area contributed by atoms with Gasteiger partial charge in [-0.25, -0.2) is 4.39 Å². The number of nitrogens with one attached hydrogen (secondary N) is 1. The molecule has 2 aliphatic rings. The number of hydrogen-bond donors (Lipinski definition) is 2. The monoisotopic (exact) mass is 279 g/mol. The summed E-state index contributed by atoms with van der Waals surface area (Å²) in [5.41, 5.74) is 0.0451. The first-order valence-corrected chi connectivity index (χ1v) is 6.88. The van der Waals surface area contributed by atoms with Crippen LogP contribution in [0.2, 0.25) is 0 Å². The number of aromatic hydroxyl groups is 1. The summed E-state index contributed by atoms with van der Waals surface area (Å²) in [6.45, 7) is 5.25. The van der Waals surface area contributed by atoms with Gasteiger partial charge in [0.25, 0.3) is 5.91 Å². The van der Waals surface area contributed by atoms with Gasteiger partial charge in [-0.2, -0.15) is 0 Å². The highest BCUT2D eigenvalue weighted by Gasteiger charge is 2.36. The molecule has 0 radical (unpaired) electrons. The van der Waals surface area contributed by atoms with Gasteiger partial charge in [-0.3, -0.25) is 9.69 Å². The van der Waals surface area contributed by atoms with Gasteiger partial charge in [0, 0.05) is 45.3 Å². The van der Waals surface area contributed by atoms with Crippen molar-refractivity contribution in [3.63, 3.8) is 0 Å². The van der Waals surface area contributed by atoms with Crippen LogP contribution in [-0.4, -0.2) is 66.1 Å². The van der Waals surface area contributed by atoms with E-state index in [0.717, 1.165) is 38.3 Å². The fourth-order valence-corrected chi connectivity index (χ4v) is 2.75. The Hall–Kier alpha value is -1.66. The van der Waals surface area contributed by atoms with Gasteiger partial charge in [0.1, 0.15) is 11.6 Å². The quantitative estimate of drug-likeness (QED) is 0.815. The summed E-state index contributed by atoms with van der Waals surface area (Å²) < 4.78 is 13.2. The van der Waals surface area contributed by atoms with Crippen LogP contribution in [0, 0.1) is 5.82 Å². The summed E-state index contributed by atoms with van der Waals surface area (Å²) >= 11 is 0. The fraction of sp³-hybridized carbons (Fsp3) is 0.500. The highest BCUT2D eigenvalue weighted by atomic mass is 19.1. The lowest BCUT2D eigenvalue weighted by atomic mass is 10.0. The van der Waals surface area contributed by atoms with Crippen molar-refractivity contribution in [3.8, 4) is 5.75 Å². The van der Waals surface area contributed by atoms with Crippen LogP contribution in [0.5, 0.6) is 5.75 Å². The number of benzene rings is 1. The van der Waals surface area contributed by atoms with Crippen molar-refractivity contribution in [2.75, 3.05) is 39.3 Å². The van der Waals surface area contributed by atoms with Crippen molar-refractivity contribution in [1.29, 1.82) is 0 Å². The number of nitrogens with zero attached hydrogens (tertiary/aromatic N) is 2. The molecule has 0 aromatic heterocycles. The van der Waals surface area contributed by atoms with E-state index in [1.807, 2.05) is 0 Å². The van der Waals surface area contributed by atoms with Crippen LogP contribution in [0.1, 0.15) is 10.4 Å². The highest BCUT2D eigenvalue weighted by Crippen LogP contribution is 2.24. The zero-order valence-corrected chi connectivity index (χ0v) is 11.2. The van der Waals surface area contributed by atoms with Gasteiger partial charge in [-0.15, -0.1) is 0 Å². The summed E-state index contributed by atoms with van der Waals surface area (Å²) in [5.74, 6) is -0.972. The first kappa shape index (κ1) is 13.3. The van der Waals surface area contributed by atoms with E-state index in [2.05, 4.69) is 10.2 Å². The normalized spacial score (nSPS) is 20.8. The van der Waals surface area contributed by atoms with Crippen molar-refractivity contribution in [3.05, 3.63) is 29.6 Å². The van der Waals surface area contributed by atoms with Crippen molar-refractivity contribution in [1.82, 2.24) is 15.1 Å². The number of carbonyl (C=O) groups excluding carboxylic acids is 1. The molecule has 0 aliphatic carbocycles. The molecule has 2 N–H and O–H groups in total. The Morgan fingerprint density at radius 1 is 1.30 bits per heavy atom. The molecule has 1 aromatic rings. The van der Waals surface area contributed by atoms with E-state index in [9.17, 15) is 14.3 Å². The van der Waals surface area contributed by atoms with Crippen LogP contribution < -0.4 is 5.32 Å². The number of phenolic OH excluding ortho intramolecular Hbond substituents is 1. The summed E-state index contributed by atoms with van der Waals surface area (Å²) in [7, 11) is 0.